The van der Waals surface area contributed by atoms with E-state index in [0.29, 0.717) is 21.2 Å². The summed E-state index contributed by atoms with van der Waals surface area (Å²) in [7, 11) is 0. The van der Waals surface area contributed by atoms with Gasteiger partial charge in [0.2, 0.25) is 5.91 Å². The number of thiophene rings is 1. The number of ether oxygens (including phenoxy) is 1. The lowest BCUT2D eigenvalue weighted by atomic mass is 10.2. The lowest BCUT2D eigenvalue weighted by Crippen LogP contribution is -2.13. The van der Waals surface area contributed by atoms with Crippen LogP contribution >= 0.6 is 22.9 Å². The van der Waals surface area contributed by atoms with Gasteiger partial charge in [0.05, 0.1) is 11.2 Å². The van der Waals surface area contributed by atoms with Crippen LogP contribution in [0.15, 0.2) is 53.6 Å². The molecular formula is C18H13ClN2O3S. The molecule has 0 fully saturated rings. The number of hydrogen-bond acceptors (Lipinski definition) is 5. The summed E-state index contributed by atoms with van der Waals surface area (Å²) in [5.41, 5.74) is 2.86. The number of fused-ring (bicyclic) bond motifs is 1. The molecule has 126 valence electrons. The second-order valence-corrected chi connectivity index (χ2v) is 6.53. The summed E-state index contributed by atoms with van der Waals surface area (Å²) in [6, 6.07) is 14.4. The molecule has 5 nitrogen and oxygen atoms in total. The number of nitrogens with zero attached hydrogens (tertiary/aromatic N) is 1. The molecular weight excluding hydrogens is 360 g/mol. The van der Waals surface area contributed by atoms with Gasteiger partial charge in [-0.15, -0.1) is 11.3 Å². The Bertz CT molecular complexity index is 981. The molecule has 1 N–H and O–H groups in total. The minimum Gasteiger partial charge on any atom is -0.422 e. The highest BCUT2D eigenvalue weighted by atomic mass is 35.5. The van der Waals surface area contributed by atoms with Crippen molar-refractivity contribution in [3.05, 3.63) is 64.0 Å². The highest BCUT2D eigenvalue weighted by Crippen LogP contribution is 2.35. The maximum absolute atomic E-state index is 12.5. The smallest absolute Gasteiger partial charge is 0.355 e. The molecule has 3 aromatic rings. The summed E-state index contributed by atoms with van der Waals surface area (Å²) in [5, 5.41) is 5.00. The molecule has 1 amide bonds. The Morgan fingerprint density at radius 2 is 1.88 bits per heavy atom. The van der Waals surface area contributed by atoms with Crippen molar-refractivity contribution in [1.82, 2.24) is 5.43 Å². The van der Waals surface area contributed by atoms with Crippen LogP contribution in [0.2, 0.25) is 5.02 Å². The highest BCUT2D eigenvalue weighted by molar-refractivity contribution is 7.21. The van der Waals surface area contributed by atoms with E-state index >= 15 is 0 Å². The summed E-state index contributed by atoms with van der Waals surface area (Å²) in [4.78, 5) is 23.8. The lowest BCUT2D eigenvalue weighted by molar-refractivity contribution is -0.118. The van der Waals surface area contributed by atoms with Gasteiger partial charge in [0.1, 0.15) is 10.6 Å². The van der Waals surface area contributed by atoms with Gasteiger partial charge in [-0.2, -0.15) is 5.10 Å². The molecule has 0 saturated carbocycles. The van der Waals surface area contributed by atoms with E-state index in [1.165, 1.54) is 24.5 Å². The number of amides is 1. The first kappa shape index (κ1) is 17.1. The third-order valence-electron chi connectivity index (χ3n) is 3.27. The number of carbonyl (C=O) groups excluding carboxylic acids is 2. The molecule has 0 saturated heterocycles. The third-order valence-corrected chi connectivity index (χ3v) is 4.92. The standard InChI is InChI=1S/C18H13ClN2O3S/c1-11(22)21-20-10-12-6-2-4-8-14(12)24-18(23)17-16(19)13-7-3-5-9-15(13)25-17/h2-10H,1H3,(H,21,22). The number of hydrogen-bond donors (Lipinski definition) is 1. The first-order valence-corrected chi connectivity index (χ1v) is 8.53. The van der Waals surface area contributed by atoms with E-state index in [1.807, 2.05) is 24.3 Å². The normalized spacial score (nSPS) is 11.0. The van der Waals surface area contributed by atoms with Gasteiger partial charge in [-0.1, -0.05) is 41.9 Å². The summed E-state index contributed by atoms with van der Waals surface area (Å²) >= 11 is 7.59. The number of para-hydroxylation sites is 1. The van der Waals surface area contributed by atoms with Gasteiger partial charge in [-0.05, 0) is 18.2 Å². The molecule has 0 unspecified atom stereocenters. The molecule has 0 bridgehead atoms. The third kappa shape index (κ3) is 3.87. The van der Waals surface area contributed by atoms with Crippen LogP contribution in [0.1, 0.15) is 22.2 Å². The molecule has 0 aliphatic carbocycles. The first-order valence-electron chi connectivity index (χ1n) is 7.34. The van der Waals surface area contributed by atoms with Crippen LogP contribution in [-0.2, 0) is 4.79 Å². The van der Waals surface area contributed by atoms with Crippen LogP contribution < -0.4 is 10.2 Å². The minimum absolute atomic E-state index is 0.289. The van der Waals surface area contributed by atoms with Gasteiger partial charge in [-0.25, -0.2) is 10.2 Å². The van der Waals surface area contributed by atoms with E-state index in [1.54, 1.807) is 24.3 Å². The number of esters is 1. The van der Waals surface area contributed by atoms with Gasteiger partial charge >= 0.3 is 5.97 Å². The molecule has 0 aliphatic rings. The zero-order chi connectivity index (χ0) is 17.8. The Labute approximate surface area is 152 Å². The first-order chi connectivity index (χ1) is 12.1. The molecule has 1 heterocycles. The van der Waals surface area contributed by atoms with Crippen molar-refractivity contribution in [3.8, 4) is 5.75 Å². The number of nitrogens with one attached hydrogen (secondary N) is 1. The summed E-state index contributed by atoms with van der Waals surface area (Å²) in [6.45, 7) is 1.35. The maximum Gasteiger partial charge on any atom is 0.355 e. The Morgan fingerprint density at radius 3 is 2.64 bits per heavy atom. The number of carbonyl (C=O) groups is 2. The summed E-state index contributed by atoms with van der Waals surface area (Å²) < 4.78 is 6.40. The van der Waals surface area contributed by atoms with Crippen molar-refractivity contribution in [2.45, 2.75) is 6.92 Å². The average molecular weight is 373 g/mol. The van der Waals surface area contributed by atoms with E-state index in [9.17, 15) is 9.59 Å². The Hall–Kier alpha value is -2.70. The van der Waals surface area contributed by atoms with Gasteiger partial charge in [0, 0.05) is 22.6 Å². The van der Waals surface area contributed by atoms with Crippen LogP contribution in [0.25, 0.3) is 10.1 Å². The van der Waals surface area contributed by atoms with Crippen molar-refractivity contribution in [2.75, 3.05) is 0 Å². The molecule has 1 aromatic heterocycles. The van der Waals surface area contributed by atoms with Crippen molar-refractivity contribution in [2.24, 2.45) is 5.10 Å². The van der Waals surface area contributed by atoms with Crippen molar-refractivity contribution in [3.63, 3.8) is 0 Å². The van der Waals surface area contributed by atoms with E-state index in [0.717, 1.165) is 10.1 Å². The fourth-order valence-electron chi connectivity index (χ4n) is 2.16. The van der Waals surface area contributed by atoms with Gasteiger partial charge < -0.3 is 4.74 Å². The Balaban J connectivity index is 1.86. The summed E-state index contributed by atoms with van der Waals surface area (Å²) in [6.07, 6.45) is 1.41. The van der Waals surface area contributed by atoms with Crippen LogP contribution in [0.5, 0.6) is 5.75 Å². The van der Waals surface area contributed by atoms with E-state index in [2.05, 4.69) is 10.5 Å². The van der Waals surface area contributed by atoms with Gasteiger partial charge in [0.15, 0.2) is 0 Å². The monoisotopic (exact) mass is 372 g/mol. The van der Waals surface area contributed by atoms with Crippen LogP contribution in [0.3, 0.4) is 0 Å². The largest absolute Gasteiger partial charge is 0.422 e. The number of hydrazone groups is 1. The molecule has 0 atom stereocenters. The number of benzene rings is 2. The fourth-order valence-corrected chi connectivity index (χ4v) is 3.55. The van der Waals surface area contributed by atoms with E-state index < -0.39 is 5.97 Å². The van der Waals surface area contributed by atoms with Gasteiger partial charge in [0.25, 0.3) is 0 Å². The summed E-state index contributed by atoms with van der Waals surface area (Å²) in [5.74, 6) is -0.496. The van der Waals surface area contributed by atoms with Crippen molar-refractivity contribution >= 4 is 51.1 Å². The zero-order valence-electron chi connectivity index (χ0n) is 13.2. The van der Waals surface area contributed by atoms with Gasteiger partial charge in [-0.3, -0.25) is 4.79 Å². The highest BCUT2D eigenvalue weighted by Gasteiger charge is 2.19. The molecule has 7 heteroatoms. The SMILES string of the molecule is CC(=O)NN=Cc1ccccc1OC(=O)c1sc2ccccc2c1Cl. The molecule has 25 heavy (non-hydrogen) atoms. The van der Waals surface area contributed by atoms with Crippen molar-refractivity contribution < 1.29 is 14.3 Å². The Morgan fingerprint density at radius 1 is 1.16 bits per heavy atom. The maximum atomic E-state index is 12.5. The molecule has 0 radical (unpaired) electrons. The fraction of sp³-hybridized carbons (Fsp3) is 0.0556. The minimum atomic E-state index is -0.536. The number of rotatable bonds is 4. The van der Waals surface area contributed by atoms with Crippen molar-refractivity contribution in [1.29, 1.82) is 0 Å². The lowest BCUT2D eigenvalue weighted by Gasteiger charge is -2.06. The van der Waals surface area contributed by atoms with Crippen LogP contribution in [0.4, 0.5) is 0 Å². The Kier molecular flexibility index (Phi) is 5.11. The predicted molar refractivity (Wildman–Crippen MR) is 99.6 cm³/mol. The molecule has 3 rings (SSSR count). The van der Waals surface area contributed by atoms with Crippen LogP contribution in [0, 0.1) is 0 Å². The molecule has 0 aliphatic heterocycles. The second-order valence-electron chi connectivity index (χ2n) is 5.09. The average Bonchev–Trinajstić information content (AvgIpc) is 2.93. The second kappa shape index (κ2) is 7.46. The van der Waals surface area contributed by atoms with Crippen LogP contribution in [-0.4, -0.2) is 18.1 Å². The zero-order valence-corrected chi connectivity index (χ0v) is 14.7. The van der Waals surface area contributed by atoms with E-state index in [-0.39, 0.29) is 5.91 Å². The molecule has 0 spiro atoms. The topological polar surface area (TPSA) is 67.8 Å². The predicted octanol–water partition coefficient (Wildman–Crippen LogP) is 4.24. The number of halogens is 1. The quantitative estimate of drug-likeness (QED) is 0.322. The molecule has 2 aromatic carbocycles. The van der Waals surface area contributed by atoms with E-state index in [4.69, 9.17) is 16.3 Å².